The number of nitrogens with two attached hydrogens (primary N) is 1. The van der Waals surface area contributed by atoms with Gasteiger partial charge in [0, 0.05) is 6.04 Å². The predicted molar refractivity (Wildman–Crippen MR) is 68.9 cm³/mol. The molecular formula is C10H17N5S. The van der Waals surface area contributed by atoms with Crippen molar-refractivity contribution in [2.75, 3.05) is 5.73 Å². The Morgan fingerprint density at radius 3 is 2.56 bits per heavy atom. The highest BCUT2D eigenvalue weighted by Crippen LogP contribution is 2.20. The molecule has 3 N–H and O–H groups in total. The second kappa shape index (κ2) is 5.07. The molecule has 0 aliphatic rings. The minimum absolute atomic E-state index is 0.267. The number of nitrogen functional groups attached to an aromatic ring is 1. The summed E-state index contributed by atoms with van der Waals surface area (Å²) in [6, 6.07) is 0.267. The third-order valence-electron chi connectivity index (χ3n) is 2.05. The van der Waals surface area contributed by atoms with E-state index in [-0.39, 0.29) is 6.04 Å². The number of hydrogen-bond donors (Lipinski definition) is 2. The van der Waals surface area contributed by atoms with Crippen LogP contribution < -0.4 is 5.73 Å². The molecule has 0 aliphatic heterocycles. The average molecular weight is 239 g/mol. The summed E-state index contributed by atoms with van der Waals surface area (Å²) in [7, 11) is 0. The predicted octanol–water partition coefficient (Wildman–Crippen LogP) is 2.68. The molecule has 88 valence electrons. The molecule has 0 bridgehead atoms. The number of H-pyrrole nitrogens is 1. The molecule has 0 aromatic carbocycles. The third kappa shape index (κ3) is 2.06. The van der Waals surface area contributed by atoms with E-state index in [9.17, 15) is 0 Å². The Labute approximate surface area is 99.7 Å². The molecule has 2 heterocycles. The first kappa shape index (κ1) is 12.6. The van der Waals surface area contributed by atoms with E-state index in [1.807, 2.05) is 32.4 Å². The molecule has 0 radical (unpaired) electrons. The van der Waals surface area contributed by atoms with Gasteiger partial charge in [0.25, 0.3) is 0 Å². The minimum Gasteiger partial charge on any atom is -0.383 e. The monoisotopic (exact) mass is 239 g/mol. The smallest absolute Gasteiger partial charge is 0.163 e. The Kier molecular flexibility index (Phi) is 4.00. The van der Waals surface area contributed by atoms with Crippen LogP contribution >= 0.6 is 12.2 Å². The Morgan fingerprint density at radius 2 is 2.00 bits per heavy atom. The fraction of sp³-hybridized carbons (Fsp3) is 0.500. The first-order valence-corrected chi connectivity index (χ1v) is 5.72. The van der Waals surface area contributed by atoms with Crippen LogP contribution in [0.4, 0.5) is 5.82 Å². The SMILES string of the molecule is CC.CC(C)n1[nH]c(=S)c2c(N)ncnc21. The zero-order valence-corrected chi connectivity index (χ0v) is 10.8. The molecule has 0 saturated heterocycles. The lowest BCUT2D eigenvalue weighted by Crippen LogP contribution is -2.03. The normalized spacial score (nSPS) is 10.3. The molecule has 0 amide bonds. The number of anilines is 1. The molecule has 0 saturated carbocycles. The topological polar surface area (TPSA) is 72.5 Å². The van der Waals surface area contributed by atoms with Crippen molar-refractivity contribution in [3.8, 4) is 0 Å². The van der Waals surface area contributed by atoms with E-state index < -0.39 is 0 Å². The molecule has 2 aromatic heterocycles. The van der Waals surface area contributed by atoms with Crippen LogP contribution in [0, 0.1) is 4.64 Å². The Balaban J connectivity index is 0.000000606. The minimum atomic E-state index is 0.267. The molecule has 0 atom stereocenters. The van der Waals surface area contributed by atoms with E-state index in [2.05, 4.69) is 15.1 Å². The van der Waals surface area contributed by atoms with Crippen LogP contribution in [0.2, 0.25) is 0 Å². The first-order chi connectivity index (χ1) is 7.61. The third-order valence-corrected chi connectivity index (χ3v) is 2.35. The molecule has 0 aliphatic carbocycles. The quantitative estimate of drug-likeness (QED) is 0.750. The van der Waals surface area contributed by atoms with E-state index in [1.165, 1.54) is 6.33 Å². The van der Waals surface area contributed by atoms with Crippen molar-refractivity contribution in [2.24, 2.45) is 0 Å². The molecule has 0 unspecified atom stereocenters. The number of aromatic amines is 1. The van der Waals surface area contributed by atoms with E-state index >= 15 is 0 Å². The number of aromatic nitrogens is 4. The van der Waals surface area contributed by atoms with Crippen molar-refractivity contribution < 1.29 is 0 Å². The zero-order valence-electron chi connectivity index (χ0n) is 9.98. The summed E-state index contributed by atoms with van der Waals surface area (Å²) in [5.74, 6) is 0.427. The van der Waals surface area contributed by atoms with Gasteiger partial charge in [0.1, 0.15) is 16.8 Å². The first-order valence-electron chi connectivity index (χ1n) is 5.32. The molecule has 5 nitrogen and oxygen atoms in total. The highest BCUT2D eigenvalue weighted by Gasteiger charge is 2.10. The van der Waals surface area contributed by atoms with Gasteiger partial charge in [-0.3, -0.25) is 9.78 Å². The molecule has 6 heteroatoms. The van der Waals surface area contributed by atoms with Crippen molar-refractivity contribution in [3.63, 3.8) is 0 Å². The van der Waals surface area contributed by atoms with E-state index in [4.69, 9.17) is 18.0 Å². The van der Waals surface area contributed by atoms with Gasteiger partial charge in [-0.15, -0.1) is 0 Å². The van der Waals surface area contributed by atoms with Crippen LogP contribution in [0.1, 0.15) is 33.7 Å². The summed E-state index contributed by atoms with van der Waals surface area (Å²) in [6.45, 7) is 8.09. The van der Waals surface area contributed by atoms with Crippen LogP contribution in [-0.4, -0.2) is 19.7 Å². The van der Waals surface area contributed by atoms with Gasteiger partial charge in [0.05, 0.1) is 5.39 Å². The number of nitrogens with one attached hydrogen (secondary N) is 1. The van der Waals surface area contributed by atoms with Gasteiger partial charge in [0.2, 0.25) is 0 Å². The summed E-state index contributed by atoms with van der Waals surface area (Å²) in [5.41, 5.74) is 6.48. The fourth-order valence-electron chi connectivity index (χ4n) is 1.38. The zero-order chi connectivity index (χ0) is 12.3. The van der Waals surface area contributed by atoms with Gasteiger partial charge < -0.3 is 5.73 Å². The van der Waals surface area contributed by atoms with Gasteiger partial charge in [-0.05, 0) is 13.8 Å². The second-order valence-electron chi connectivity index (χ2n) is 3.36. The lowest BCUT2D eigenvalue weighted by atomic mass is 10.3. The van der Waals surface area contributed by atoms with Crippen molar-refractivity contribution in [2.45, 2.75) is 33.7 Å². The van der Waals surface area contributed by atoms with Crippen LogP contribution in [-0.2, 0) is 0 Å². The van der Waals surface area contributed by atoms with Crippen LogP contribution in [0.3, 0.4) is 0 Å². The van der Waals surface area contributed by atoms with Crippen molar-refractivity contribution in [3.05, 3.63) is 11.0 Å². The summed E-state index contributed by atoms with van der Waals surface area (Å²) in [4.78, 5) is 8.07. The van der Waals surface area contributed by atoms with Gasteiger partial charge in [0.15, 0.2) is 5.65 Å². The maximum atomic E-state index is 5.72. The van der Waals surface area contributed by atoms with Gasteiger partial charge in [-0.2, -0.15) is 0 Å². The lowest BCUT2D eigenvalue weighted by molar-refractivity contribution is 0.544. The molecule has 2 rings (SSSR count). The van der Waals surface area contributed by atoms with Crippen LogP contribution in [0.5, 0.6) is 0 Å². The Hall–Kier alpha value is -1.43. The summed E-state index contributed by atoms with van der Waals surface area (Å²) < 4.78 is 2.47. The summed E-state index contributed by atoms with van der Waals surface area (Å²) >= 11 is 5.14. The maximum absolute atomic E-state index is 5.72. The van der Waals surface area contributed by atoms with Crippen molar-refractivity contribution in [1.82, 2.24) is 19.7 Å². The van der Waals surface area contributed by atoms with Crippen molar-refractivity contribution >= 4 is 29.1 Å². The highest BCUT2D eigenvalue weighted by atomic mass is 32.1. The maximum Gasteiger partial charge on any atom is 0.163 e. The van der Waals surface area contributed by atoms with E-state index in [0.717, 1.165) is 11.0 Å². The molecular weight excluding hydrogens is 222 g/mol. The average Bonchev–Trinajstić information content (AvgIpc) is 2.61. The van der Waals surface area contributed by atoms with Crippen LogP contribution in [0.15, 0.2) is 6.33 Å². The highest BCUT2D eigenvalue weighted by molar-refractivity contribution is 7.71. The second-order valence-corrected chi connectivity index (χ2v) is 3.77. The fourth-order valence-corrected chi connectivity index (χ4v) is 1.68. The van der Waals surface area contributed by atoms with Gasteiger partial charge >= 0.3 is 0 Å². The number of rotatable bonds is 1. The standard InChI is InChI=1S/C8H11N5S.C2H6/c1-4(2)13-7-5(8(14)12-13)6(9)10-3-11-7;1-2/h3-4H,1-2H3,(H,12,14)(H2,9,10,11);1-2H3. The summed E-state index contributed by atoms with van der Waals surface area (Å²) in [5, 5.41) is 3.77. The molecule has 0 fully saturated rings. The van der Waals surface area contributed by atoms with E-state index in [1.54, 1.807) is 0 Å². The van der Waals surface area contributed by atoms with Crippen molar-refractivity contribution in [1.29, 1.82) is 0 Å². The van der Waals surface area contributed by atoms with Gasteiger partial charge in [-0.25, -0.2) is 9.97 Å². The van der Waals surface area contributed by atoms with Crippen LogP contribution in [0.25, 0.3) is 11.0 Å². The molecule has 2 aromatic rings. The number of nitrogens with zero attached hydrogens (tertiary/aromatic N) is 3. The Bertz CT molecular complexity index is 525. The van der Waals surface area contributed by atoms with E-state index in [0.29, 0.717) is 10.5 Å². The number of fused-ring (bicyclic) bond motifs is 1. The van der Waals surface area contributed by atoms with Gasteiger partial charge in [-0.1, -0.05) is 26.1 Å². The Morgan fingerprint density at radius 1 is 1.38 bits per heavy atom. The lowest BCUT2D eigenvalue weighted by Gasteiger charge is -2.06. The summed E-state index contributed by atoms with van der Waals surface area (Å²) in [6.07, 6.45) is 1.44. The molecule has 16 heavy (non-hydrogen) atoms. The number of hydrogen-bond acceptors (Lipinski definition) is 4. The largest absolute Gasteiger partial charge is 0.383 e. The molecule has 0 spiro atoms.